The molecule has 194 valence electrons. The zero-order chi connectivity index (χ0) is 27.4. The molecule has 1 atom stereocenters. The van der Waals surface area contributed by atoms with E-state index < -0.39 is 69.4 Å². The maximum absolute atomic E-state index is 14.2. The average Bonchev–Trinajstić information content (AvgIpc) is 2.73. The fourth-order valence-corrected chi connectivity index (χ4v) is 4.17. The van der Waals surface area contributed by atoms with Gasteiger partial charge in [-0.15, -0.1) is 0 Å². The van der Waals surface area contributed by atoms with Gasteiger partial charge in [0.15, 0.2) is 0 Å². The van der Waals surface area contributed by atoms with Crippen LogP contribution in [0.2, 0.25) is 0 Å². The third-order valence-electron chi connectivity index (χ3n) is 5.90. The molecule has 0 aliphatic carbocycles. The number of aromatic nitrogens is 1. The molecule has 0 spiro atoms. The average molecular weight is 520 g/mol. The second-order valence-electron chi connectivity index (χ2n) is 8.94. The van der Waals surface area contributed by atoms with E-state index >= 15 is 0 Å². The smallest absolute Gasteiger partial charge is 0.398 e. The van der Waals surface area contributed by atoms with Crippen LogP contribution in [0, 0.1) is 12.7 Å². The molecule has 0 aliphatic heterocycles. The minimum Gasteiger partial charge on any atom is -0.398 e. The van der Waals surface area contributed by atoms with Gasteiger partial charge in [0.05, 0.1) is 22.3 Å². The highest BCUT2D eigenvalue weighted by molar-refractivity contribution is 6.12. The van der Waals surface area contributed by atoms with Crippen LogP contribution in [0.15, 0.2) is 39.6 Å². The van der Waals surface area contributed by atoms with Gasteiger partial charge in [-0.1, -0.05) is 19.0 Å². The number of anilines is 1. The summed E-state index contributed by atoms with van der Waals surface area (Å²) >= 11 is 0. The van der Waals surface area contributed by atoms with Crippen LogP contribution in [0.3, 0.4) is 0 Å². The highest BCUT2D eigenvalue weighted by Crippen LogP contribution is 2.46. The number of fused-ring (bicyclic) bond motifs is 1. The number of aliphatic hydroxyl groups is 1. The molecule has 36 heavy (non-hydrogen) atoms. The molecule has 3 N–H and O–H groups in total. The normalized spacial score (nSPS) is 14.6. The fraction of sp³-hybridized carbons (Fsp3) is 0.348. The van der Waals surface area contributed by atoms with Gasteiger partial charge >= 0.3 is 18.0 Å². The van der Waals surface area contributed by atoms with Gasteiger partial charge in [0.1, 0.15) is 5.82 Å². The van der Waals surface area contributed by atoms with Crippen molar-refractivity contribution in [2.45, 2.75) is 50.6 Å². The quantitative estimate of drug-likeness (QED) is 0.276. The molecular formula is C23H19F7N2O4. The Balaban J connectivity index is 2.21. The second-order valence-corrected chi connectivity index (χ2v) is 8.94. The second kappa shape index (κ2) is 8.57. The predicted molar refractivity (Wildman–Crippen MR) is 114 cm³/mol. The summed E-state index contributed by atoms with van der Waals surface area (Å²) in [5, 5.41) is 13.8. The Kier molecular flexibility index (Phi) is 6.46. The Morgan fingerprint density at radius 3 is 2.22 bits per heavy atom. The standard InChI is InChI=1S/C23H19F7N2O4/c1-10-16-12(19(34)36-32-10)5-6-13(17(16)31)18(33)21(35,23(28,29)30)9-20(2,3)15-8-11(24)4-7-14(15)22(25,26)27/h4-8,35H,9,31H2,1-3H3. The van der Waals surface area contributed by atoms with Gasteiger partial charge in [0.25, 0.3) is 0 Å². The van der Waals surface area contributed by atoms with Crippen molar-refractivity contribution in [3.63, 3.8) is 0 Å². The van der Waals surface area contributed by atoms with Gasteiger partial charge in [0.2, 0.25) is 11.4 Å². The molecule has 0 saturated carbocycles. The van der Waals surface area contributed by atoms with E-state index in [9.17, 15) is 45.4 Å². The number of hydrogen-bond acceptors (Lipinski definition) is 6. The van der Waals surface area contributed by atoms with Crippen LogP contribution in [0.5, 0.6) is 0 Å². The summed E-state index contributed by atoms with van der Waals surface area (Å²) in [6, 6.07) is 2.98. The highest BCUT2D eigenvalue weighted by Gasteiger charge is 2.62. The van der Waals surface area contributed by atoms with Crippen molar-refractivity contribution < 1.29 is 45.2 Å². The Morgan fingerprint density at radius 2 is 1.67 bits per heavy atom. The van der Waals surface area contributed by atoms with Crippen LogP contribution in [0.4, 0.5) is 36.4 Å². The number of halogens is 7. The minimum atomic E-state index is -5.68. The summed E-state index contributed by atoms with van der Waals surface area (Å²) < 4.78 is 102. The van der Waals surface area contributed by atoms with Crippen LogP contribution in [0.25, 0.3) is 10.8 Å². The number of alkyl halides is 6. The molecule has 1 heterocycles. The lowest BCUT2D eigenvalue weighted by molar-refractivity contribution is -0.243. The van der Waals surface area contributed by atoms with Crippen LogP contribution < -0.4 is 11.4 Å². The summed E-state index contributed by atoms with van der Waals surface area (Å²) in [7, 11) is 0. The number of benzene rings is 2. The number of Topliss-reactive ketones (excluding diaryl/α,β-unsaturated/α-hetero) is 1. The van der Waals surface area contributed by atoms with Gasteiger partial charge < -0.3 is 15.4 Å². The maximum Gasteiger partial charge on any atom is 0.424 e. The van der Waals surface area contributed by atoms with E-state index in [4.69, 9.17) is 5.73 Å². The first-order chi connectivity index (χ1) is 16.3. The van der Waals surface area contributed by atoms with Crippen molar-refractivity contribution in [3.8, 4) is 0 Å². The van der Waals surface area contributed by atoms with Crippen molar-refractivity contribution in [1.82, 2.24) is 5.16 Å². The van der Waals surface area contributed by atoms with Crippen molar-refractivity contribution >= 4 is 22.2 Å². The van der Waals surface area contributed by atoms with E-state index in [1.54, 1.807) is 0 Å². The van der Waals surface area contributed by atoms with Crippen molar-refractivity contribution in [2.75, 3.05) is 5.73 Å². The molecule has 0 bridgehead atoms. The van der Waals surface area contributed by atoms with Crippen LogP contribution >= 0.6 is 0 Å². The monoisotopic (exact) mass is 520 g/mol. The molecule has 3 aromatic rings. The van der Waals surface area contributed by atoms with Gasteiger partial charge in [0, 0.05) is 17.4 Å². The Labute approximate surface area is 198 Å². The minimum absolute atomic E-state index is 0.0396. The summed E-state index contributed by atoms with van der Waals surface area (Å²) in [6.07, 6.45) is -12.4. The Bertz CT molecular complexity index is 1410. The van der Waals surface area contributed by atoms with E-state index in [1.807, 2.05) is 0 Å². The van der Waals surface area contributed by atoms with Crippen LogP contribution in [-0.2, 0) is 11.6 Å². The van der Waals surface area contributed by atoms with Crippen LogP contribution in [0.1, 0.15) is 47.4 Å². The first-order valence-corrected chi connectivity index (χ1v) is 10.2. The number of rotatable bonds is 5. The number of carbonyl (C=O) groups excluding carboxylic acids is 1. The third-order valence-corrected chi connectivity index (χ3v) is 5.90. The molecule has 0 radical (unpaired) electrons. The molecule has 0 fully saturated rings. The Morgan fingerprint density at radius 1 is 1.06 bits per heavy atom. The number of nitrogens with two attached hydrogens (primary N) is 1. The number of aryl methyl sites for hydroxylation is 1. The van der Waals surface area contributed by atoms with Crippen LogP contribution in [-0.4, -0.2) is 27.8 Å². The van der Waals surface area contributed by atoms with Gasteiger partial charge in [-0.3, -0.25) is 4.79 Å². The molecule has 0 aliphatic rings. The van der Waals surface area contributed by atoms with Gasteiger partial charge in [-0.25, -0.2) is 9.18 Å². The lowest BCUT2D eigenvalue weighted by Crippen LogP contribution is -2.55. The first kappa shape index (κ1) is 27.1. The Hall–Kier alpha value is -3.48. The van der Waals surface area contributed by atoms with E-state index in [-0.39, 0.29) is 16.5 Å². The number of hydrogen-bond donors (Lipinski definition) is 2. The summed E-state index contributed by atoms with van der Waals surface area (Å²) in [5.74, 6) is -3.13. The zero-order valence-corrected chi connectivity index (χ0v) is 18.9. The van der Waals surface area contributed by atoms with Gasteiger partial charge in [-0.2, -0.15) is 26.3 Å². The van der Waals surface area contributed by atoms with E-state index in [0.29, 0.717) is 18.2 Å². The summed E-state index contributed by atoms with van der Waals surface area (Å²) in [6.45, 7) is 3.12. The zero-order valence-electron chi connectivity index (χ0n) is 18.9. The lowest BCUT2D eigenvalue weighted by atomic mass is 9.71. The lowest BCUT2D eigenvalue weighted by Gasteiger charge is -2.38. The highest BCUT2D eigenvalue weighted by atomic mass is 19.4. The molecule has 1 aromatic heterocycles. The fourth-order valence-electron chi connectivity index (χ4n) is 4.17. The molecule has 0 amide bonds. The largest absolute Gasteiger partial charge is 0.424 e. The van der Waals surface area contributed by atoms with E-state index in [0.717, 1.165) is 26.0 Å². The van der Waals surface area contributed by atoms with Crippen molar-refractivity contribution in [3.05, 3.63) is 69.0 Å². The molecule has 3 rings (SSSR count). The number of carbonyl (C=O) groups is 1. The first-order valence-electron chi connectivity index (χ1n) is 10.2. The summed E-state index contributed by atoms with van der Waals surface area (Å²) in [4.78, 5) is 25.0. The molecule has 0 saturated heterocycles. The topological polar surface area (TPSA) is 106 Å². The van der Waals surface area contributed by atoms with E-state index in [2.05, 4.69) is 9.68 Å². The molecule has 2 aromatic carbocycles. The molecular weight excluding hydrogens is 501 g/mol. The molecule has 13 heteroatoms. The van der Waals surface area contributed by atoms with Crippen molar-refractivity contribution in [1.29, 1.82) is 0 Å². The predicted octanol–water partition coefficient (Wildman–Crippen LogP) is 5.08. The maximum atomic E-state index is 14.2. The summed E-state index contributed by atoms with van der Waals surface area (Å²) in [5.41, 5.74) is -5.38. The number of nitrogens with zero attached hydrogens (tertiary/aromatic N) is 1. The van der Waals surface area contributed by atoms with Crippen molar-refractivity contribution in [2.24, 2.45) is 0 Å². The number of nitrogen functional groups attached to an aromatic ring is 1. The van der Waals surface area contributed by atoms with E-state index in [1.165, 1.54) is 6.92 Å². The van der Waals surface area contributed by atoms with Gasteiger partial charge in [-0.05, 0) is 48.2 Å². The molecule has 6 nitrogen and oxygen atoms in total. The third kappa shape index (κ3) is 4.54. The SMILES string of the molecule is Cc1noc(=O)c2ccc(C(=O)C(O)(CC(C)(C)c3cc(F)ccc3C(F)(F)F)C(F)(F)F)c(N)c12. The number of ketones is 1. The molecule has 1 unspecified atom stereocenters.